The van der Waals surface area contributed by atoms with Gasteiger partial charge in [0.25, 0.3) is 0 Å². The number of nitrogens with one attached hydrogen (secondary N) is 1. The molecule has 0 aromatic heterocycles. The van der Waals surface area contributed by atoms with Gasteiger partial charge in [0.05, 0.1) is 17.9 Å². The fraction of sp³-hybridized carbons (Fsp3) is 0.609. The summed E-state index contributed by atoms with van der Waals surface area (Å²) in [5.41, 5.74) is 0.983. The summed E-state index contributed by atoms with van der Waals surface area (Å²) in [6, 6.07) is 7.66. The molecule has 3 rings (SSSR count). The van der Waals surface area contributed by atoms with Gasteiger partial charge in [0.2, 0.25) is 17.7 Å². The van der Waals surface area contributed by atoms with Gasteiger partial charge in [0.15, 0.2) is 0 Å². The fourth-order valence-corrected chi connectivity index (χ4v) is 5.07. The summed E-state index contributed by atoms with van der Waals surface area (Å²) < 4.78 is 0. The van der Waals surface area contributed by atoms with Gasteiger partial charge >= 0.3 is 0 Å². The molecule has 1 N–H and O–H groups in total. The number of hydrogen-bond donors (Lipinski definition) is 1. The molecule has 1 saturated heterocycles. The third kappa shape index (κ3) is 4.86. The van der Waals surface area contributed by atoms with Crippen LogP contribution in [0.5, 0.6) is 0 Å². The minimum absolute atomic E-state index is 0.0319. The Morgan fingerprint density at radius 2 is 1.73 bits per heavy atom. The summed E-state index contributed by atoms with van der Waals surface area (Å²) in [7, 11) is 0. The van der Waals surface area contributed by atoms with Gasteiger partial charge < -0.3 is 5.32 Å². The number of carbonyl (C=O) groups is 3. The maximum absolute atomic E-state index is 12.6. The molecule has 164 valence electrons. The van der Waals surface area contributed by atoms with Crippen LogP contribution in [0.2, 0.25) is 5.02 Å². The second-order valence-electron chi connectivity index (χ2n) is 8.14. The molecule has 2 aliphatic rings. The Morgan fingerprint density at radius 1 is 1.13 bits per heavy atom. The molecule has 1 aliphatic carbocycles. The first kappa shape index (κ1) is 22.8. The van der Waals surface area contributed by atoms with Crippen molar-refractivity contribution in [3.8, 4) is 0 Å². The summed E-state index contributed by atoms with van der Waals surface area (Å²) in [5, 5.41) is 3.67. The molecule has 30 heavy (non-hydrogen) atoms. The predicted octanol–water partition coefficient (Wildman–Crippen LogP) is 3.40. The van der Waals surface area contributed by atoms with Gasteiger partial charge in [0, 0.05) is 24.5 Å². The van der Waals surface area contributed by atoms with E-state index < -0.39 is 0 Å². The fourth-order valence-electron chi connectivity index (χ4n) is 4.81. The van der Waals surface area contributed by atoms with Crippen LogP contribution < -0.4 is 5.32 Å². The Labute approximate surface area is 183 Å². The van der Waals surface area contributed by atoms with Crippen molar-refractivity contribution in [1.82, 2.24) is 15.1 Å². The van der Waals surface area contributed by atoms with E-state index in [1.54, 1.807) is 0 Å². The van der Waals surface area contributed by atoms with Crippen LogP contribution in [-0.4, -0.2) is 53.7 Å². The second-order valence-corrected chi connectivity index (χ2v) is 8.55. The number of hydrogen-bond acceptors (Lipinski definition) is 4. The number of rotatable bonds is 9. The molecule has 1 heterocycles. The molecule has 7 heteroatoms. The smallest absolute Gasteiger partial charge is 0.233 e. The Balaban J connectivity index is 1.57. The molecular weight excluding hydrogens is 402 g/mol. The molecule has 1 aliphatic heterocycles. The van der Waals surface area contributed by atoms with Crippen molar-refractivity contribution in [3.63, 3.8) is 0 Å². The first-order chi connectivity index (χ1) is 14.5. The molecule has 3 atom stereocenters. The number of likely N-dealkylation sites (tertiary alicyclic amines) is 1. The summed E-state index contributed by atoms with van der Waals surface area (Å²) in [6.07, 6.45) is 3.72. The van der Waals surface area contributed by atoms with E-state index in [-0.39, 0.29) is 48.6 Å². The van der Waals surface area contributed by atoms with Crippen LogP contribution in [0.25, 0.3) is 0 Å². The largest absolute Gasteiger partial charge is 0.354 e. The lowest BCUT2D eigenvalue weighted by molar-refractivity contribution is -0.140. The topological polar surface area (TPSA) is 69.7 Å². The highest BCUT2D eigenvalue weighted by atomic mass is 35.5. The van der Waals surface area contributed by atoms with Gasteiger partial charge in [-0.2, -0.15) is 0 Å². The molecule has 0 radical (unpaired) electrons. The Hall–Kier alpha value is -1.92. The van der Waals surface area contributed by atoms with Crippen LogP contribution in [-0.2, 0) is 14.4 Å². The van der Waals surface area contributed by atoms with Crippen molar-refractivity contribution >= 4 is 29.3 Å². The Bertz CT molecular complexity index is 757. The van der Waals surface area contributed by atoms with E-state index >= 15 is 0 Å². The van der Waals surface area contributed by atoms with E-state index in [1.807, 2.05) is 24.3 Å². The summed E-state index contributed by atoms with van der Waals surface area (Å²) in [6.45, 7) is 6.43. The maximum atomic E-state index is 12.6. The van der Waals surface area contributed by atoms with E-state index in [0.717, 1.165) is 44.3 Å². The normalized spacial score (nSPS) is 22.3. The monoisotopic (exact) mass is 433 g/mol. The molecular formula is C23H32ClN3O3. The van der Waals surface area contributed by atoms with Gasteiger partial charge in [-0.3, -0.25) is 24.2 Å². The number of carbonyl (C=O) groups excluding carboxylic acids is 3. The standard InChI is InChI=1S/C23H32ClN3O3/c1-3-26(4-2)20(18-11-7-8-12-19(18)24)15-25-21(28)13-14-27-22(29)16-9-5-6-10-17(16)23(27)30/h7-8,11-12,16-17,20H,3-6,9-10,13-15H2,1-2H3,(H,25,28)/t16-,17+,20-/m1/s1. The minimum Gasteiger partial charge on any atom is -0.354 e. The number of imide groups is 1. The number of halogens is 1. The first-order valence-corrected chi connectivity index (χ1v) is 11.5. The highest BCUT2D eigenvalue weighted by Gasteiger charge is 2.47. The second kappa shape index (κ2) is 10.4. The van der Waals surface area contributed by atoms with Crippen LogP contribution in [0.4, 0.5) is 0 Å². The van der Waals surface area contributed by atoms with Crippen LogP contribution in [0.3, 0.4) is 0 Å². The average molecular weight is 434 g/mol. The van der Waals surface area contributed by atoms with E-state index in [0.29, 0.717) is 11.6 Å². The number of fused-ring (bicyclic) bond motifs is 1. The average Bonchev–Trinajstić information content (AvgIpc) is 3.00. The van der Waals surface area contributed by atoms with Gasteiger partial charge in [-0.15, -0.1) is 0 Å². The van der Waals surface area contributed by atoms with Crippen molar-refractivity contribution in [2.75, 3.05) is 26.2 Å². The summed E-state index contributed by atoms with van der Waals surface area (Å²) >= 11 is 6.41. The SMILES string of the molecule is CCN(CC)[C@H](CNC(=O)CCN1C(=O)[C@H]2CCCC[C@H]2C1=O)c1ccccc1Cl. The lowest BCUT2D eigenvalue weighted by Gasteiger charge is -2.31. The lowest BCUT2D eigenvalue weighted by atomic mass is 9.81. The zero-order valence-electron chi connectivity index (χ0n) is 17.9. The summed E-state index contributed by atoms with van der Waals surface area (Å²) in [5.74, 6) is -0.665. The van der Waals surface area contributed by atoms with Crippen molar-refractivity contribution in [2.45, 2.75) is 52.0 Å². The van der Waals surface area contributed by atoms with Crippen LogP contribution in [0.1, 0.15) is 57.6 Å². The zero-order chi connectivity index (χ0) is 21.7. The van der Waals surface area contributed by atoms with Gasteiger partial charge in [-0.05, 0) is 37.6 Å². The lowest BCUT2D eigenvalue weighted by Crippen LogP contribution is -2.40. The van der Waals surface area contributed by atoms with E-state index in [2.05, 4.69) is 24.1 Å². The molecule has 2 fully saturated rings. The molecule has 1 saturated carbocycles. The predicted molar refractivity (Wildman–Crippen MR) is 117 cm³/mol. The van der Waals surface area contributed by atoms with Gasteiger partial charge in [-0.1, -0.05) is 56.5 Å². The van der Waals surface area contributed by atoms with Crippen molar-refractivity contribution < 1.29 is 14.4 Å². The van der Waals surface area contributed by atoms with Crippen LogP contribution >= 0.6 is 11.6 Å². The Kier molecular flexibility index (Phi) is 7.89. The molecule has 0 bridgehead atoms. The minimum atomic E-state index is -0.165. The van der Waals surface area contributed by atoms with Crippen LogP contribution in [0, 0.1) is 11.8 Å². The summed E-state index contributed by atoms with van der Waals surface area (Å²) in [4.78, 5) is 41.2. The number of nitrogens with zero attached hydrogens (tertiary/aromatic N) is 2. The molecule has 1 aromatic rings. The van der Waals surface area contributed by atoms with E-state index in [1.165, 1.54) is 4.90 Å². The molecule has 1 aromatic carbocycles. The van der Waals surface area contributed by atoms with Crippen molar-refractivity contribution in [2.24, 2.45) is 11.8 Å². The van der Waals surface area contributed by atoms with Crippen LogP contribution in [0.15, 0.2) is 24.3 Å². The Morgan fingerprint density at radius 3 is 2.30 bits per heavy atom. The van der Waals surface area contributed by atoms with Crippen molar-refractivity contribution in [3.05, 3.63) is 34.9 Å². The number of likely N-dealkylation sites (N-methyl/N-ethyl adjacent to an activating group) is 1. The van der Waals surface area contributed by atoms with E-state index in [9.17, 15) is 14.4 Å². The first-order valence-electron chi connectivity index (χ1n) is 11.1. The third-order valence-corrected chi connectivity index (χ3v) is 6.85. The third-order valence-electron chi connectivity index (χ3n) is 6.50. The quantitative estimate of drug-likeness (QED) is 0.606. The molecule has 3 amide bonds. The molecule has 6 nitrogen and oxygen atoms in total. The van der Waals surface area contributed by atoms with Gasteiger partial charge in [-0.25, -0.2) is 0 Å². The molecule has 0 spiro atoms. The number of benzene rings is 1. The van der Waals surface area contributed by atoms with Gasteiger partial charge in [0.1, 0.15) is 0 Å². The maximum Gasteiger partial charge on any atom is 0.233 e. The zero-order valence-corrected chi connectivity index (χ0v) is 18.7. The van der Waals surface area contributed by atoms with Crippen molar-refractivity contribution in [1.29, 1.82) is 0 Å². The highest BCUT2D eigenvalue weighted by molar-refractivity contribution is 6.31. The molecule has 0 unspecified atom stereocenters. The van der Waals surface area contributed by atoms with E-state index in [4.69, 9.17) is 11.6 Å². The highest BCUT2D eigenvalue weighted by Crippen LogP contribution is 2.38. The number of amides is 3.